The first-order valence-electron chi connectivity index (χ1n) is 9.67. The molecule has 8 heteroatoms. The Kier molecular flexibility index (Phi) is 5.81. The standard InChI is InChI=1S/C22H20ClFN4O2/c23-20-19(14-25-28(22(20)30)18-4-2-1-3-5-18)27-12-10-17(11-13-27)26-21(29)15-6-8-16(24)9-7-15/h1-9,14,17H,10-13H2,(H,26,29). The van der Waals surface area contributed by atoms with Gasteiger partial charge in [0.25, 0.3) is 11.5 Å². The van der Waals surface area contributed by atoms with Crippen LogP contribution in [0.5, 0.6) is 0 Å². The summed E-state index contributed by atoms with van der Waals surface area (Å²) in [5, 5.41) is 7.38. The Bertz CT molecular complexity index is 1090. The molecule has 1 fully saturated rings. The average Bonchev–Trinajstić information content (AvgIpc) is 2.77. The number of hydrogen-bond donors (Lipinski definition) is 1. The van der Waals surface area contributed by atoms with Crippen LogP contribution in [0.3, 0.4) is 0 Å². The number of halogens is 2. The molecule has 0 atom stereocenters. The maximum atomic E-state index is 13.0. The number of carbonyl (C=O) groups is 1. The molecule has 1 aliphatic rings. The zero-order chi connectivity index (χ0) is 21.1. The van der Waals surface area contributed by atoms with Gasteiger partial charge < -0.3 is 10.2 Å². The molecule has 154 valence electrons. The SMILES string of the molecule is O=C(NC1CCN(c2cnn(-c3ccccc3)c(=O)c2Cl)CC1)c1ccc(F)cc1. The van der Waals surface area contributed by atoms with Gasteiger partial charge in [-0.25, -0.2) is 4.39 Å². The molecule has 6 nitrogen and oxygen atoms in total. The minimum Gasteiger partial charge on any atom is -0.369 e. The summed E-state index contributed by atoms with van der Waals surface area (Å²) in [5.41, 5.74) is 1.30. The lowest BCUT2D eigenvalue weighted by Crippen LogP contribution is -2.45. The number of rotatable bonds is 4. The molecule has 30 heavy (non-hydrogen) atoms. The Morgan fingerprint density at radius 3 is 2.40 bits per heavy atom. The van der Waals surface area contributed by atoms with Crippen molar-refractivity contribution in [1.82, 2.24) is 15.1 Å². The van der Waals surface area contributed by atoms with Gasteiger partial charge in [-0.05, 0) is 49.2 Å². The number of piperidine rings is 1. The number of anilines is 1. The summed E-state index contributed by atoms with van der Waals surface area (Å²) in [6.45, 7) is 1.26. The van der Waals surface area contributed by atoms with Crippen LogP contribution in [-0.2, 0) is 0 Å². The van der Waals surface area contributed by atoms with E-state index in [1.165, 1.54) is 28.9 Å². The fourth-order valence-electron chi connectivity index (χ4n) is 3.53. The second-order valence-electron chi connectivity index (χ2n) is 7.14. The van der Waals surface area contributed by atoms with Crippen LogP contribution in [0.25, 0.3) is 5.69 Å². The van der Waals surface area contributed by atoms with E-state index in [1.54, 1.807) is 18.3 Å². The Hall–Kier alpha value is -3.19. The zero-order valence-electron chi connectivity index (χ0n) is 16.1. The van der Waals surface area contributed by atoms with E-state index in [4.69, 9.17) is 11.6 Å². The highest BCUT2D eigenvalue weighted by Gasteiger charge is 2.24. The van der Waals surface area contributed by atoms with E-state index >= 15 is 0 Å². The van der Waals surface area contributed by atoms with Crippen molar-refractivity contribution < 1.29 is 9.18 Å². The highest BCUT2D eigenvalue weighted by atomic mass is 35.5. The molecule has 2 aromatic carbocycles. The quantitative estimate of drug-likeness (QED) is 0.694. The lowest BCUT2D eigenvalue weighted by atomic mass is 10.0. The number of nitrogens with zero attached hydrogens (tertiary/aromatic N) is 3. The Balaban J connectivity index is 1.42. The average molecular weight is 427 g/mol. The fourth-order valence-corrected chi connectivity index (χ4v) is 3.78. The van der Waals surface area contributed by atoms with E-state index in [9.17, 15) is 14.0 Å². The first kappa shape index (κ1) is 20.1. The molecule has 4 rings (SSSR count). The van der Waals surface area contributed by atoms with Gasteiger partial charge in [-0.2, -0.15) is 9.78 Å². The molecule has 2 heterocycles. The van der Waals surface area contributed by atoms with Gasteiger partial charge in [0, 0.05) is 24.7 Å². The third kappa shape index (κ3) is 4.21. The van der Waals surface area contributed by atoms with Crippen LogP contribution in [0.4, 0.5) is 10.1 Å². The van der Waals surface area contributed by atoms with E-state index in [0.717, 1.165) is 0 Å². The molecule has 3 aromatic rings. The molecule has 0 saturated carbocycles. The number of hydrogen-bond acceptors (Lipinski definition) is 4. The van der Waals surface area contributed by atoms with Gasteiger partial charge in [0.15, 0.2) is 0 Å². The van der Waals surface area contributed by atoms with Gasteiger partial charge in [-0.1, -0.05) is 29.8 Å². The monoisotopic (exact) mass is 426 g/mol. The molecule has 1 aromatic heterocycles. The topological polar surface area (TPSA) is 67.2 Å². The van der Waals surface area contributed by atoms with Crippen molar-refractivity contribution >= 4 is 23.2 Å². The highest BCUT2D eigenvalue weighted by molar-refractivity contribution is 6.33. The summed E-state index contributed by atoms with van der Waals surface area (Å²) < 4.78 is 14.3. The maximum Gasteiger partial charge on any atom is 0.292 e. The number of amides is 1. The van der Waals surface area contributed by atoms with Crippen molar-refractivity contribution in [3.63, 3.8) is 0 Å². The Labute approximate surface area is 177 Å². The van der Waals surface area contributed by atoms with E-state index in [2.05, 4.69) is 10.4 Å². The number of para-hydroxylation sites is 1. The zero-order valence-corrected chi connectivity index (χ0v) is 16.8. The molecule has 0 bridgehead atoms. The van der Waals surface area contributed by atoms with E-state index in [0.29, 0.717) is 42.9 Å². The van der Waals surface area contributed by atoms with Crippen molar-refractivity contribution in [2.24, 2.45) is 0 Å². The molecule has 1 saturated heterocycles. The summed E-state index contributed by atoms with van der Waals surface area (Å²) in [7, 11) is 0. The van der Waals surface area contributed by atoms with Gasteiger partial charge >= 0.3 is 0 Å². The predicted molar refractivity (Wildman–Crippen MR) is 114 cm³/mol. The maximum absolute atomic E-state index is 13.0. The molecular weight excluding hydrogens is 407 g/mol. The fraction of sp³-hybridized carbons (Fsp3) is 0.227. The second kappa shape index (κ2) is 8.67. The third-order valence-electron chi connectivity index (χ3n) is 5.18. The minimum atomic E-state index is -0.375. The smallest absolute Gasteiger partial charge is 0.292 e. The second-order valence-corrected chi connectivity index (χ2v) is 7.52. The van der Waals surface area contributed by atoms with Crippen molar-refractivity contribution in [3.8, 4) is 5.69 Å². The third-order valence-corrected chi connectivity index (χ3v) is 5.53. The van der Waals surface area contributed by atoms with Crippen LogP contribution in [0.1, 0.15) is 23.2 Å². The van der Waals surface area contributed by atoms with Gasteiger partial charge in [0.05, 0.1) is 17.6 Å². The molecule has 0 spiro atoms. The summed E-state index contributed by atoms with van der Waals surface area (Å²) in [6, 6.07) is 14.6. The minimum absolute atomic E-state index is 0.00442. The first-order chi connectivity index (χ1) is 14.5. The molecule has 0 radical (unpaired) electrons. The van der Waals surface area contributed by atoms with E-state index < -0.39 is 0 Å². The number of aromatic nitrogens is 2. The highest BCUT2D eigenvalue weighted by Crippen LogP contribution is 2.25. The van der Waals surface area contributed by atoms with Crippen molar-refractivity contribution in [1.29, 1.82) is 0 Å². The molecule has 1 amide bonds. The Morgan fingerprint density at radius 2 is 1.73 bits per heavy atom. The molecule has 1 aliphatic heterocycles. The molecule has 0 aliphatic carbocycles. The summed E-state index contributed by atoms with van der Waals surface area (Å²) in [4.78, 5) is 27.0. The summed E-state index contributed by atoms with van der Waals surface area (Å²) in [6.07, 6.45) is 3.00. The molecule has 1 N–H and O–H groups in total. The van der Waals surface area contributed by atoms with Gasteiger partial charge in [0.1, 0.15) is 10.8 Å². The van der Waals surface area contributed by atoms with Gasteiger partial charge in [-0.15, -0.1) is 0 Å². The summed E-state index contributed by atoms with van der Waals surface area (Å²) >= 11 is 6.38. The normalized spacial score (nSPS) is 14.5. The van der Waals surface area contributed by atoms with E-state index in [1.807, 2.05) is 23.1 Å². The van der Waals surface area contributed by atoms with Crippen LogP contribution in [0, 0.1) is 5.82 Å². The van der Waals surface area contributed by atoms with Crippen molar-refractivity contribution in [2.75, 3.05) is 18.0 Å². The largest absolute Gasteiger partial charge is 0.369 e. The first-order valence-corrected chi connectivity index (χ1v) is 10.1. The van der Waals surface area contributed by atoms with Crippen LogP contribution in [-0.4, -0.2) is 34.8 Å². The van der Waals surface area contributed by atoms with Crippen LogP contribution >= 0.6 is 11.6 Å². The number of nitrogens with one attached hydrogen (secondary N) is 1. The van der Waals surface area contributed by atoms with Gasteiger partial charge in [0.2, 0.25) is 0 Å². The van der Waals surface area contributed by atoms with Crippen LogP contribution in [0.2, 0.25) is 5.02 Å². The molecule has 0 unspecified atom stereocenters. The summed E-state index contributed by atoms with van der Waals surface area (Å²) in [5.74, 6) is -0.599. The molecular formula is C22H20ClFN4O2. The van der Waals surface area contributed by atoms with Gasteiger partial charge in [-0.3, -0.25) is 9.59 Å². The number of benzene rings is 2. The number of carbonyl (C=O) groups excluding carboxylic acids is 1. The van der Waals surface area contributed by atoms with Crippen LogP contribution in [0.15, 0.2) is 65.6 Å². The lowest BCUT2D eigenvalue weighted by molar-refractivity contribution is 0.0931. The van der Waals surface area contributed by atoms with Crippen LogP contribution < -0.4 is 15.8 Å². The lowest BCUT2D eigenvalue weighted by Gasteiger charge is -2.34. The van der Waals surface area contributed by atoms with E-state index in [-0.39, 0.29) is 28.3 Å². The van der Waals surface area contributed by atoms with Crippen molar-refractivity contribution in [2.45, 2.75) is 18.9 Å². The Morgan fingerprint density at radius 1 is 1.07 bits per heavy atom. The predicted octanol–water partition coefficient (Wildman–Crippen LogP) is 3.42. The van der Waals surface area contributed by atoms with Crippen molar-refractivity contribution in [3.05, 3.63) is 87.6 Å².